The van der Waals surface area contributed by atoms with Gasteiger partial charge in [0.05, 0.1) is 10.6 Å². The molecule has 0 saturated heterocycles. The average Bonchev–Trinajstić information content (AvgIpc) is 2.36. The van der Waals surface area contributed by atoms with Gasteiger partial charge in [0.15, 0.2) is 0 Å². The van der Waals surface area contributed by atoms with Crippen molar-refractivity contribution in [1.29, 1.82) is 0 Å². The van der Waals surface area contributed by atoms with E-state index in [4.69, 9.17) is 23.2 Å². The summed E-state index contributed by atoms with van der Waals surface area (Å²) in [7, 11) is 1.99. The van der Waals surface area contributed by atoms with Crippen LogP contribution in [0.4, 0.5) is 0 Å². The van der Waals surface area contributed by atoms with Gasteiger partial charge in [-0.2, -0.15) is 0 Å². The molecule has 0 heterocycles. The first kappa shape index (κ1) is 15.4. The molecule has 0 aromatic carbocycles. The Hall–Kier alpha value is -0.0200. The van der Waals surface area contributed by atoms with Crippen LogP contribution in [0.3, 0.4) is 0 Å². The minimum atomic E-state index is -0.507. The fourth-order valence-corrected chi connectivity index (χ4v) is 3.77. The molecule has 2 nitrogen and oxygen atoms in total. The summed E-state index contributed by atoms with van der Waals surface area (Å²) in [4.78, 5) is 0. The second-order valence-corrected chi connectivity index (χ2v) is 7.18. The quantitative estimate of drug-likeness (QED) is 0.831. The van der Waals surface area contributed by atoms with E-state index in [1.807, 2.05) is 20.0 Å². The lowest BCUT2D eigenvalue weighted by Crippen LogP contribution is -2.46. The van der Waals surface area contributed by atoms with Crippen molar-refractivity contribution in [1.82, 2.24) is 5.32 Å². The molecule has 0 aromatic rings. The lowest BCUT2D eigenvalue weighted by atomic mass is 9.61. The number of aliphatic hydroxyl groups is 1. The summed E-state index contributed by atoms with van der Waals surface area (Å²) in [6, 6.07) is 0. The van der Waals surface area contributed by atoms with E-state index < -0.39 is 5.60 Å². The number of rotatable bonds is 3. The van der Waals surface area contributed by atoms with Crippen LogP contribution in [0.15, 0.2) is 22.2 Å². The summed E-state index contributed by atoms with van der Waals surface area (Å²) < 4.78 is 0. The third-order valence-electron chi connectivity index (χ3n) is 4.77. The molecule has 1 saturated carbocycles. The Morgan fingerprint density at radius 1 is 1.32 bits per heavy atom. The van der Waals surface area contributed by atoms with Crippen molar-refractivity contribution in [3.8, 4) is 0 Å². The number of nitrogens with one attached hydrogen (secondary N) is 1. The molecule has 0 aromatic heterocycles. The number of hydrogen-bond donors (Lipinski definition) is 2. The van der Waals surface area contributed by atoms with Crippen molar-refractivity contribution in [3.63, 3.8) is 0 Å². The lowest BCUT2D eigenvalue weighted by molar-refractivity contribution is -0.0317. The fraction of sp³-hybridized carbons (Fsp3) is 0.733. The molecule has 19 heavy (non-hydrogen) atoms. The Morgan fingerprint density at radius 3 is 2.47 bits per heavy atom. The molecule has 4 heteroatoms. The Labute approximate surface area is 125 Å². The van der Waals surface area contributed by atoms with Gasteiger partial charge < -0.3 is 10.4 Å². The Morgan fingerprint density at radius 2 is 1.95 bits per heavy atom. The van der Waals surface area contributed by atoms with Gasteiger partial charge in [-0.3, -0.25) is 0 Å². The zero-order chi connectivity index (χ0) is 14.1. The molecule has 2 rings (SSSR count). The largest absolute Gasteiger partial charge is 0.390 e. The van der Waals surface area contributed by atoms with E-state index >= 15 is 0 Å². The molecule has 2 aliphatic rings. The monoisotopic (exact) mass is 303 g/mol. The maximum atomic E-state index is 10.2. The minimum Gasteiger partial charge on any atom is -0.390 e. The summed E-state index contributed by atoms with van der Waals surface area (Å²) in [5.41, 5.74) is -0.321. The number of halogens is 2. The third-order valence-corrected chi connectivity index (χ3v) is 5.58. The first-order valence-electron chi connectivity index (χ1n) is 6.98. The topological polar surface area (TPSA) is 32.3 Å². The van der Waals surface area contributed by atoms with Crippen molar-refractivity contribution >= 4 is 23.2 Å². The van der Waals surface area contributed by atoms with Crippen LogP contribution in [0.5, 0.6) is 0 Å². The van der Waals surface area contributed by atoms with Gasteiger partial charge >= 0.3 is 0 Å². The molecule has 2 aliphatic carbocycles. The van der Waals surface area contributed by atoms with E-state index in [1.54, 1.807) is 0 Å². The van der Waals surface area contributed by atoms with E-state index in [0.29, 0.717) is 11.0 Å². The molecule has 1 unspecified atom stereocenters. The molecule has 0 radical (unpaired) electrons. The van der Waals surface area contributed by atoms with Gasteiger partial charge in [0.1, 0.15) is 0 Å². The Balaban J connectivity index is 2.16. The summed E-state index contributed by atoms with van der Waals surface area (Å²) in [6.45, 7) is 2.90. The summed E-state index contributed by atoms with van der Waals surface area (Å²) >= 11 is 12.3. The van der Waals surface area contributed by atoms with Crippen LogP contribution in [0, 0.1) is 11.3 Å². The molecule has 0 amide bonds. The van der Waals surface area contributed by atoms with Gasteiger partial charge in [-0.25, -0.2) is 0 Å². The van der Waals surface area contributed by atoms with Gasteiger partial charge in [0, 0.05) is 11.6 Å². The van der Waals surface area contributed by atoms with Crippen molar-refractivity contribution < 1.29 is 5.11 Å². The van der Waals surface area contributed by atoms with E-state index in [2.05, 4.69) is 11.4 Å². The summed E-state index contributed by atoms with van der Waals surface area (Å²) in [5, 5.41) is 14.9. The van der Waals surface area contributed by atoms with Gasteiger partial charge in [-0.1, -0.05) is 29.3 Å². The van der Waals surface area contributed by atoms with Crippen LogP contribution in [0.1, 0.15) is 39.0 Å². The number of hydrogen-bond acceptors (Lipinski definition) is 2. The van der Waals surface area contributed by atoms with E-state index in [9.17, 15) is 5.11 Å². The zero-order valence-electron chi connectivity index (χ0n) is 11.7. The van der Waals surface area contributed by atoms with Gasteiger partial charge in [0.2, 0.25) is 0 Å². The third kappa shape index (κ3) is 3.36. The Kier molecular flexibility index (Phi) is 4.67. The predicted molar refractivity (Wildman–Crippen MR) is 81.4 cm³/mol. The first-order valence-corrected chi connectivity index (χ1v) is 7.73. The molecule has 2 N–H and O–H groups in total. The molecular weight excluding hydrogens is 281 g/mol. The van der Waals surface area contributed by atoms with Gasteiger partial charge in [0.25, 0.3) is 0 Å². The lowest BCUT2D eigenvalue weighted by Gasteiger charge is -2.47. The molecule has 0 aliphatic heterocycles. The van der Waals surface area contributed by atoms with Crippen LogP contribution in [0.25, 0.3) is 0 Å². The molecule has 0 bridgehead atoms. The van der Waals surface area contributed by atoms with Crippen molar-refractivity contribution in [2.75, 3.05) is 13.6 Å². The second-order valence-electron chi connectivity index (χ2n) is 6.31. The average molecular weight is 304 g/mol. The standard InChI is InChI=1S/C15H23Cl2NO/c1-14(19)5-7-15(8-6-14,10-18-2)11-3-4-12(16)13(17)9-11/h3-4,11,18-19H,5-10H2,1-2H3. The maximum Gasteiger partial charge on any atom is 0.0620 e. The highest BCUT2D eigenvalue weighted by Crippen LogP contribution is 2.49. The highest BCUT2D eigenvalue weighted by atomic mass is 35.5. The first-order chi connectivity index (χ1) is 8.88. The van der Waals surface area contributed by atoms with Crippen LogP contribution < -0.4 is 5.32 Å². The highest BCUT2D eigenvalue weighted by Gasteiger charge is 2.44. The van der Waals surface area contributed by atoms with Crippen LogP contribution in [0.2, 0.25) is 0 Å². The predicted octanol–water partition coefficient (Wildman–Crippen LogP) is 3.78. The maximum absolute atomic E-state index is 10.2. The van der Waals surface area contributed by atoms with Crippen LogP contribution in [-0.4, -0.2) is 24.3 Å². The SMILES string of the molecule is CNCC1(C2C=CC(Cl)=C(Cl)C2)CCC(C)(O)CC1. The smallest absolute Gasteiger partial charge is 0.0620 e. The van der Waals surface area contributed by atoms with Crippen molar-refractivity contribution in [2.24, 2.45) is 11.3 Å². The minimum absolute atomic E-state index is 0.186. The zero-order valence-corrected chi connectivity index (χ0v) is 13.2. The summed E-state index contributed by atoms with van der Waals surface area (Å²) in [6.07, 6.45) is 8.71. The normalized spacial score (nSPS) is 39.7. The van der Waals surface area contributed by atoms with Gasteiger partial charge in [-0.05, 0) is 63.5 Å². The fourth-order valence-electron chi connectivity index (χ4n) is 3.39. The van der Waals surface area contributed by atoms with E-state index in [-0.39, 0.29) is 5.41 Å². The van der Waals surface area contributed by atoms with Crippen LogP contribution >= 0.6 is 23.2 Å². The Bertz CT molecular complexity index is 391. The molecule has 1 fully saturated rings. The molecular formula is C15H23Cl2NO. The summed E-state index contributed by atoms with van der Waals surface area (Å²) in [5.74, 6) is 0.408. The molecule has 108 valence electrons. The van der Waals surface area contributed by atoms with E-state index in [1.165, 1.54) is 0 Å². The second kappa shape index (κ2) is 5.77. The van der Waals surface area contributed by atoms with E-state index in [0.717, 1.165) is 43.7 Å². The van der Waals surface area contributed by atoms with Crippen molar-refractivity contribution in [2.45, 2.75) is 44.6 Å². The highest BCUT2D eigenvalue weighted by molar-refractivity contribution is 6.40. The number of allylic oxidation sites excluding steroid dienone is 4. The van der Waals surface area contributed by atoms with Gasteiger partial charge in [-0.15, -0.1) is 0 Å². The molecule has 0 spiro atoms. The van der Waals surface area contributed by atoms with Crippen LogP contribution in [-0.2, 0) is 0 Å². The molecule has 1 atom stereocenters. The van der Waals surface area contributed by atoms with Crippen molar-refractivity contribution in [3.05, 3.63) is 22.2 Å².